The average Bonchev–Trinajstić information content (AvgIpc) is 2.39. The van der Waals surface area contributed by atoms with Gasteiger partial charge in [-0.2, -0.15) is 0 Å². The van der Waals surface area contributed by atoms with E-state index in [1.807, 2.05) is 11.0 Å². The van der Waals surface area contributed by atoms with Gasteiger partial charge >= 0.3 is 5.97 Å². The van der Waals surface area contributed by atoms with Gasteiger partial charge < -0.3 is 20.1 Å². The lowest BCUT2D eigenvalue weighted by Gasteiger charge is -2.33. The van der Waals surface area contributed by atoms with Crippen LogP contribution in [0.4, 0.5) is 11.5 Å². The van der Waals surface area contributed by atoms with Crippen molar-refractivity contribution in [3.05, 3.63) is 18.3 Å². The van der Waals surface area contributed by atoms with Crippen LogP contribution in [0.1, 0.15) is 6.42 Å². The Labute approximate surface area is 106 Å². The molecule has 2 rings (SSSR count). The van der Waals surface area contributed by atoms with Gasteiger partial charge in [-0.3, -0.25) is 4.79 Å². The molecule has 1 saturated heterocycles. The third-order valence-corrected chi connectivity index (χ3v) is 2.88. The first-order chi connectivity index (χ1) is 8.70. The summed E-state index contributed by atoms with van der Waals surface area (Å²) in [6.45, 7) is 1.87. The summed E-state index contributed by atoms with van der Waals surface area (Å²) in [6, 6.07) is 3.61. The average molecular weight is 251 g/mol. The monoisotopic (exact) mass is 251 g/mol. The van der Waals surface area contributed by atoms with Crippen molar-refractivity contribution >= 4 is 17.5 Å². The minimum atomic E-state index is -0.268. The fraction of sp³-hybridized carbons (Fsp3) is 0.500. The van der Waals surface area contributed by atoms with Crippen LogP contribution in [0.15, 0.2) is 18.3 Å². The number of aromatic nitrogens is 1. The molecule has 6 nitrogen and oxygen atoms in total. The van der Waals surface area contributed by atoms with Crippen molar-refractivity contribution in [1.82, 2.24) is 4.98 Å². The molecule has 1 aliphatic rings. The van der Waals surface area contributed by atoms with Crippen molar-refractivity contribution in [3.8, 4) is 0 Å². The number of nitrogens with zero attached hydrogens (tertiary/aromatic N) is 2. The number of nitrogen functional groups attached to an aromatic ring is 1. The molecule has 0 aliphatic carbocycles. The fourth-order valence-electron chi connectivity index (χ4n) is 1.98. The zero-order valence-corrected chi connectivity index (χ0v) is 10.3. The van der Waals surface area contributed by atoms with Crippen LogP contribution in [-0.2, 0) is 14.3 Å². The predicted octanol–water partition coefficient (Wildman–Crippen LogP) is 0.432. The van der Waals surface area contributed by atoms with E-state index in [1.165, 1.54) is 7.11 Å². The summed E-state index contributed by atoms with van der Waals surface area (Å²) in [7, 11) is 1.37. The lowest BCUT2D eigenvalue weighted by Crippen LogP contribution is -2.44. The second kappa shape index (κ2) is 5.68. The molecule has 2 N–H and O–H groups in total. The molecule has 98 valence electrons. The van der Waals surface area contributed by atoms with Crippen LogP contribution in [0, 0.1) is 0 Å². The molecule has 1 aromatic heterocycles. The van der Waals surface area contributed by atoms with Gasteiger partial charge in [0.05, 0.1) is 31.9 Å². The molecule has 0 saturated carbocycles. The number of esters is 1. The van der Waals surface area contributed by atoms with Crippen molar-refractivity contribution in [1.29, 1.82) is 0 Å². The number of nitrogens with two attached hydrogens (primary N) is 1. The van der Waals surface area contributed by atoms with Crippen LogP contribution < -0.4 is 10.6 Å². The molecule has 1 unspecified atom stereocenters. The summed E-state index contributed by atoms with van der Waals surface area (Å²) in [5.74, 6) is 0.478. The lowest BCUT2D eigenvalue weighted by atomic mass is 10.2. The molecule has 1 fully saturated rings. The van der Waals surface area contributed by atoms with Gasteiger partial charge in [-0.15, -0.1) is 0 Å². The highest BCUT2D eigenvalue weighted by molar-refractivity contribution is 5.70. The molecule has 1 aliphatic heterocycles. The van der Waals surface area contributed by atoms with Crippen molar-refractivity contribution in [3.63, 3.8) is 0 Å². The number of carbonyl (C=O) groups excluding carboxylic acids is 1. The van der Waals surface area contributed by atoms with Gasteiger partial charge in [0, 0.05) is 19.3 Å². The van der Waals surface area contributed by atoms with E-state index in [2.05, 4.69) is 9.72 Å². The van der Waals surface area contributed by atoms with Gasteiger partial charge in [0.15, 0.2) is 5.82 Å². The first-order valence-corrected chi connectivity index (χ1v) is 5.84. The summed E-state index contributed by atoms with van der Waals surface area (Å²) >= 11 is 0. The fourth-order valence-corrected chi connectivity index (χ4v) is 1.98. The highest BCUT2D eigenvalue weighted by Crippen LogP contribution is 2.22. The summed E-state index contributed by atoms with van der Waals surface area (Å²) in [5, 5.41) is 0. The van der Waals surface area contributed by atoms with Gasteiger partial charge in [-0.1, -0.05) is 0 Å². The Morgan fingerprint density at radius 3 is 3.28 bits per heavy atom. The van der Waals surface area contributed by atoms with E-state index in [9.17, 15) is 4.79 Å². The molecule has 1 aromatic rings. The van der Waals surface area contributed by atoms with Gasteiger partial charge in [-0.25, -0.2) is 4.98 Å². The Morgan fingerprint density at radius 2 is 2.56 bits per heavy atom. The molecule has 0 amide bonds. The smallest absolute Gasteiger partial charge is 0.308 e. The number of hydrogen-bond donors (Lipinski definition) is 1. The lowest BCUT2D eigenvalue weighted by molar-refractivity contribution is -0.144. The van der Waals surface area contributed by atoms with Crippen molar-refractivity contribution < 1.29 is 14.3 Å². The first-order valence-electron chi connectivity index (χ1n) is 5.84. The second-order valence-electron chi connectivity index (χ2n) is 4.14. The van der Waals surface area contributed by atoms with Crippen LogP contribution in [0.2, 0.25) is 0 Å². The second-order valence-corrected chi connectivity index (χ2v) is 4.14. The molecule has 2 heterocycles. The Bertz CT molecular complexity index is 425. The molecular formula is C12H17N3O3. The van der Waals surface area contributed by atoms with Crippen molar-refractivity contribution in [2.45, 2.75) is 12.5 Å². The Balaban J connectivity index is 2.03. The predicted molar refractivity (Wildman–Crippen MR) is 67.2 cm³/mol. The topological polar surface area (TPSA) is 77.7 Å². The Morgan fingerprint density at radius 1 is 1.72 bits per heavy atom. The van der Waals surface area contributed by atoms with Crippen molar-refractivity contribution in [2.75, 3.05) is 37.4 Å². The van der Waals surface area contributed by atoms with Gasteiger partial charge in [-0.05, 0) is 12.1 Å². The van der Waals surface area contributed by atoms with E-state index in [0.717, 1.165) is 12.4 Å². The zero-order chi connectivity index (χ0) is 13.0. The van der Waals surface area contributed by atoms with E-state index in [-0.39, 0.29) is 18.5 Å². The molecule has 1 atom stereocenters. The maximum atomic E-state index is 11.2. The van der Waals surface area contributed by atoms with E-state index in [4.69, 9.17) is 10.5 Å². The van der Waals surface area contributed by atoms with Crippen LogP contribution >= 0.6 is 0 Å². The van der Waals surface area contributed by atoms with Crippen molar-refractivity contribution in [2.24, 2.45) is 0 Å². The zero-order valence-electron chi connectivity index (χ0n) is 10.3. The molecule has 0 aromatic carbocycles. The van der Waals surface area contributed by atoms with E-state index in [0.29, 0.717) is 18.8 Å². The quantitative estimate of drug-likeness (QED) is 0.785. The number of morpholine rings is 1. The van der Waals surface area contributed by atoms with Crippen LogP contribution in [0.3, 0.4) is 0 Å². The van der Waals surface area contributed by atoms with E-state index >= 15 is 0 Å². The molecule has 6 heteroatoms. The van der Waals surface area contributed by atoms with Gasteiger partial charge in [0.1, 0.15) is 0 Å². The molecular weight excluding hydrogens is 234 g/mol. The van der Waals surface area contributed by atoms with Gasteiger partial charge in [0.2, 0.25) is 0 Å². The maximum absolute atomic E-state index is 11.2. The highest BCUT2D eigenvalue weighted by Gasteiger charge is 2.24. The Hall–Kier alpha value is -1.82. The SMILES string of the molecule is COC(=O)CC1CN(c2ncccc2N)CCO1. The summed E-state index contributed by atoms with van der Waals surface area (Å²) in [4.78, 5) is 17.5. The molecule has 18 heavy (non-hydrogen) atoms. The van der Waals surface area contributed by atoms with E-state index < -0.39 is 0 Å². The number of pyridine rings is 1. The number of methoxy groups -OCH3 is 1. The number of ether oxygens (including phenoxy) is 2. The summed E-state index contributed by atoms with van der Waals surface area (Å²) in [5.41, 5.74) is 6.52. The summed E-state index contributed by atoms with van der Waals surface area (Å²) < 4.78 is 10.2. The first kappa shape index (κ1) is 12.6. The third kappa shape index (κ3) is 2.89. The van der Waals surface area contributed by atoms with Crippen LogP contribution in [-0.4, -0.2) is 43.9 Å². The minimum Gasteiger partial charge on any atom is -0.469 e. The van der Waals surface area contributed by atoms with Gasteiger partial charge in [0.25, 0.3) is 0 Å². The number of anilines is 2. The largest absolute Gasteiger partial charge is 0.469 e. The maximum Gasteiger partial charge on any atom is 0.308 e. The number of carbonyl (C=O) groups is 1. The summed E-state index contributed by atoms with van der Waals surface area (Å²) in [6.07, 6.45) is 1.78. The van der Waals surface area contributed by atoms with Crippen LogP contribution in [0.25, 0.3) is 0 Å². The highest BCUT2D eigenvalue weighted by atomic mass is 16.5. The minimum absolute atomic E-state index is 0.174. The number of rotatable bonds is 3. The van der Waals surface area contributed by atoms with E-state index in [1.54, 1.807) is 12.3 Å². The molecule has 0 radical (unpaired) electrons. The normalized spacial score (nSPS) is 19.6. The standard InChI is InChI=1S/C12H17N3O3/c1-17-11(16)7-9-8-15(5-6-18-9)12-10(13)3-2-4-14-12/h2-4,9H,5-8,13H2,1H3. The number of hydrogen-bond acceptors (Lipinski definition) is 6. The Kier molecular flexibility index (Phi) is 3.99. The molecule has 0 spiro atoms. The molecule has 0 bridgehead atoms. The van der Waals surface area contributed by atoms with Crippen LogP contribution in [0.5, 0.6) is 0 Å². The third-order valence-electron chi connectivity index (χ3n) is 2.88.